The Morgan fingerprint density at radius 2 is 1.67 bits per heavy atom. The van der Waals surface area contributed by atoms with Crippen molar-refractivity contribution in [2.75, 3.05) is 6.73 Å². The average Bonchev–Trinajstić information content (AvgIpc) is 3.53. The molecule has 49 heavy (non-hydrogen) atoms. The van der Waals surface area contributed by atoms with E-state index in [9.17, 15) is 29.1 Å². The number of carbonyl (C=O) groups is 5. The van der Waals surface area contributed by atoms with Crippen LogP contribution in [0.4, 0.5) is 0 Å². The van der Waals surface area contributed by atoms with Gasteiger partial charge in [-0.1, -0.05) is 85.2 Å². The molecule has 2 amide bonds. The van der Waals surface area contributed by atoms with Gasteiger partial charge in [0.25, 0.3) is 5.91 Å². The highest BCUT2D eigenvalue weighted by atomic mass is 32.1. The standard InChI is InChI=1S/C36H54N4O8S/c1-9-23(6)32(37)35(44)40(20-47-31(42)15-21(2)3)29(22(4)5)18-30(48-25(8)41)34-39-28(19-49-34)33(43)38-27(16-24(7)36(45)46)17-26-13-11-10-12-14-26/h10-14,19,21-24,27,29-30,32H,9,15-18,20,37H2,1-8H3,(H,38,43)(H,45,46). The molecule has 0 aliphatic heterocycles. The Morgan fingerprint density at radius 3 is 2.22 bits per heavy atom. The first-order chi connectivity index (χ1) is 23.0. The van der Waals surface area contributed by atoms with Crippen molar-refractivity contribution in [1.82, 2.24) is 15.2 Å². The highest BCUT2D eigenvalue weighted by Crippen LogP contribution is 2.31. The molecule has 4 N–H and O–H groups in total. The van der Waals surface area contributed by atoms with Crippen LogP contribution in [0.3, 0.4) is 0 Å². The van der Waals surface area contributed by atoms with E-state index in [2.05, 4.69) is 10.3 Å². The summed E-state index contributed by atoms with van der Waals surface area (Å²) < 4.78 is 11.3. The van der Waals surface area contributed by atoms with Gasteiger partial charge in [0.05, 0.1) is 12.0 Å². The maximum atomic E-state index is 13.8. The molecule has 272 valence electrons. The Hall–Kier alpha value is -3.84. The van der Waals surface area contributed by atoms with E-state index in [0.717, 1.165) is 16.9 Å². The van der Waals surface area contributed by atoms with Gasteiger partial charge in [0.2, 0.25) is 5.91 Å². The molecule has 6 atom stereocenters. The first-order valence-corrected chi connectivity index (χ1v) is 17.8. The van der Waals surface area contributed by atoms with Gasteiger partial charge < -0.3 is 30.5 Å². The second kappa shape index (κ2) is 20.0. The number of nitrogens with zero attached hydrogens (tertiary/aromatic N) is 2. The second-order valence-corrected chi connectivity index (χ2v) is 14.4. The molecule has 0 aliphatic rings. The van der Waals surface area contributed by atoms with Gasteiger partial charge in [-0.15, -0.1) is 11.3 Å². The number of hydrogen-bond donors (Lipinski definition) is 3. The van der Waals surface area contributed by atoms with Crippen LogP contribution in [-0.2, 0) is 35.1 Å². The zero-order chi connectivity index (χ0) is 36.8. The summed E-state index contributed by atoms with van der Waals surface area (Å²) in [4.78, 5) is 69.7. The third-order valence-electron chi connectivity index (χ3n) is 8.45. The molecule has 0 spiro atoms. The monoisotopic (exact) mass is 702 g/mol. The van der Waals surface area contributed by atoms with Crippen molar-refractivity contribution in [3.05, 3.63) is 52.0 Å². The van der Waals surface area contributed by atoms with E-state index in [4.69, 9.17) is 15.2 Å². The fourth-order valence-electron chi connectivity index (χ4n) is 5.34. The number of amides is 2. The first-order valence-electron chi connectivity index (χ1n) is 17.0. The number of ether oxygens (including phenoxy) is 2. The number of carbonyl (C=O) groups excluding carboxylic acids is 4. The van der Waals surface area contributed by atoms with Crippen molar-refractivity contribution in [3.8, 4) is 0 Å². The fourth-order valence-corrected chi connectivity index (χ4v) is 6.18. The molecule has 0 fully saturated rings. The third kappa shape index (κ3) is 13.5. The number of nitrogens with two attached hydrogens (primary N) is 1. The highest BCUT2D eigenvalue weighted by Gasteiger charge is 2.36. The molecule has 6 unspecified atom stereocenters. The van der Waals surface area contributed by atoms with Crippen LogP contribution in [0.25, 0.3) is 0 Å². The lowest BCUT2D eigenvalue weighted by Gasteiger charge is -2.37. The molecule has 2 rings (SSSR count). The summed E-state index contributed by atoms with van der Waals surface area (Å²) in [5.41, 5.74) is 7.42. The smallest absolute Gasteiger partial charge is 0.307 e. The Bertz CT molecular complexity index is 1380. The summed E-state index contributed by atoms with van der Waals surface area (Å²) >= 11 is 1.13. The molecule has 13 heteroatoms. The summed E-state index contributed by atoms with van der Waals surface area (Å²) in [6.45, 7) is 14.0. The molecule has 0 saturated heterocycles. The minimum Gasteiger partial charge on any atom is -0.481 e. The molecular weight excluding hydrogens is 648 g/mol. The van der Waals surface area contributed by atoms with E-state index in [-0.39, 0.29) is 55.3 Å². The lowest BCUT2D eigenvalue weighted by molar-refractivity contribution is -0.159. The van der Waals surface area contributed by atoms with E-state index in [0.29, 0.717) is 17.8 Å². The molecule has 0 saturated carbocycles. The zero-order valence-electron chi connectivity index (χ0n) is 30.0. The summed E-state index contributed by atoms with van der Waals surface area (Å²) in [5.74, 6) is -3.78. The molecule has 0 radical (unpaired) electrons. The normalized spacial score (nSPS) is 15.1. The highest BCUT2D eigenvalue weighted by molar-refractivity contribution is 7.09. The lowest BCUT2D eigenvalue weighted by atomic mass is 9.93. The fraction of sp³-hybridized carbons (Fsp3) is 0.611. The van der Waals surface area contributed by atoms with Crippen molar-refractivity contribution in [2.45, 2.75) is 112 Å². The van der Waals surface area contributed by atoms with Gasteiger partial charge in [0, 0.05) is 37.2 Å². The molecule has 0 bridgehead atoms. The molecule has 12 nitrogen and oxygen atoms in total. The van der Waals surface area contributed by atoms with Gasteiger partial charge in [0.1, 0.15) is 10.7 Å². The van der Waals surface area contributed by atoms with Gasteiger partial charge in [-0.25, -0.2) is 4.98 Å². The minimum atomic E-state index is -0.959. The van der Waals surface area contributed by atoms with Crippen LogP contribution in [0, 0.1) is 23.7 Å². The van der Waals surface area contributed by atoms with Crippen LogP contribution < -0.4 is 11.1 Å². The van der Waals surface area contributed by atoms with E-state index < -0.39 is 54.0 Å². The summed E-state index contributed by atoms with van der Waals surface area (Å²) in [6.07, 6.45) is 0.681. The summed E-state index contributed by atoms with van der Waals surface area (Å²) in [7, 11) is 0. The maximum absolute atomic E-state index is 13.8. The number of carboxylic acids is 1. The number of esters is 2. The summed E-state index contributed by atoms with van der Waals surface area (Å²) in [5, 5.41) is 14.4. The molecule has 1 aromatic heterocycles. The number of nitrogens with one attached hydrogen (secondary N) is 1. The van der Waals surface area contributed by atoms with Crippen LogP contribution in [0.1, 0.15) is 108 Å². The van der Waals surface area contributed by atoms with Crippen molar-refractivity contribution in [3.63, 3.8) is 0 Å². The van der Waals surface area contributed by atoms with Crippen LogP contribution in [-0.4, -0.2) is 69.6 Å². The van der Waals surface area contributed by atoms with Crippen LogP contribution in [0.5, 0.6) is 0 Å². The Balaban J connectivity index is 2.39. The van der Waals surface area contributed by atoms with Crippen LogP contribution in [0.15, 0.2) is 35.7 Å². The average molecular weight is 703 g/mol. The second-order valence-electron chi connectivity index (χ2n) is 13.5. The van der Waals surface area contributed by atoms with Crippen LogP contribution in [0.2, 0.25) is 0 Å². The Labute approximate surface area is 294 Å². The molecule has 1 aromatic carbocycles. The maximum Gasteiger partial charge on any atom is 0.307 e. The number of thiazole rings is 1. The van der Waals surface area contributed by atoms with E-state index in [1.54, 1.807) is 12.3 Å². The van der Waals surface area contributed by atoms with Gasteiger partial charge >= 0.3 is 17.9 Å². The predicted molar refractivity (Wildman–Crippen MR) is 187 cm³/mol. The quantitative estimate of drug-likeness (QED) is 0.120. The molecule has 2 aromatic rings. The van der Waals surface area contributed by atoms with Crippen LogP contribution >= 0.6 is 11.3 Å². The number of rotatable bonds is 20. The third-order valence-corrected chi connectivity index (χ3v) is 9.39. The van der Waals surface area contributed by atoms with Crippen molar-refractivity contribution in [2.24, 2.45) is 29.4 Å². The number of carboxylic acid groups (broad SMARTS) is 1. The number of benzene rings is 1. The largest absolute Gasteiger partial charge is 0.481 e. The predicted octanol–water partition coefficient (Wildman–Crippen LogP) is 5.36. The zero-order valence-corrected chi connectivity index (χ0v) is 30.8. The number of aromatic nitrogens is 1. The van der Waals surface area contributed by atoms with E-state index >= 15 is 0 Å². The van der Waals surface area contributed by atoms with E-state index in [1.165, 1.54) is 11.8 Å². The topological polar surface area (TPSA) is 178 Å². The van der Waals surface area contributed by atoms with E-state index in [1.807, 2.05) is 71.9 Å². The Morgan fingerprint density at radius 1 is 1.02 bits per heavy atom. The van der Waals surface area contributed by atoms with Crippen molar-refractivity contribution < 1.29 is 38.6 Å². The van der Waals surface area contributed by atoms with Gasteiger partial charge in [-0.2, -0.15) is 0 Å². The Kier molecular flexibility index (Phi) is 16.9. The van der Waals surface area contributed by atoms with Gasteiger partial charge in [-0.3, -0.25) is 24.0 Å². The van der Waals surface area contributed by atoms with Crippen molar-refractivity contribution >= 4 is 41.1 Å². The lowest BCUT2D eigenvalue weighted by Crippen LogP contribution is -2.53. The molecular formula is C36H54N4O8S. The van der Waals surface area contributed by atoms with Gasteiger partial charge in [0.15, 0.2) is 12.8 Å². The van der Waals surface area contributed by atoms with Gasteiger partial charge in [-0.05, 0) is 36.2 Å². The first kappa shape index (κ1) is 41.3. The molecule has 1 heterocycles. The molecule has 0 aliphatic carbocycles. The summed E-state index contributed by atoms with van der Waals surface area (Å²) in [6, 6.07) is 7.57. The number of hydrogen-bond acceptors (Lipinski definition) is 10. The SMILES string of the molecule is CCC(C)C(N)C(=O)N(COC(=O)CC(C)C)C(CC(OC(C)=O)c1nc(C(=O)NC(Cc2ccccc2)CC(C)C(=O)O)cs1)C(C)C. The van der Waals surface area contributed by atoms with Crippen molar-refractivity contribution in [1.29, 1.82) is 0 Å². The number of aliphatic carboxylic acids is 1. The minimum absolute atomic E-state index is 0.0683.